The van der Waals surface area contributed by atoms with E-state index in [-0.39, 0.29) is 11.9 Å². The Bertz CT molecular complexity index is 403. The molecule has 1 aromatic carbocycles. The van der Waals surface area contributed by atoms with Crippen molar-refractivity contribution in [3.63, 3.8) is 0 Å². The first kappa shape index (κ1) is 16.0. The first-order chi connectivity index (χ1) is 8.43. The maximum absolute atomic E-state index is 12.1. The highest BCUT2D eigenvalue weighted by Gasteiger charge is 2.17. The van der Waals surface area contributed by atoms with Gasteiger partial charge in [0.15, 0.2) is 0 Å². The SMILES string of the molecule is CC(C)C(CCBr)NC(=O)c1cc(Cl)cc(Br)c1. The van der Waals surface area contributed by atoms with Gasteiger partial charge in [-0.25, -0.2) is 0 Å². The molecule has 1 N–H and O–H groups in total. The topological polar surface area (TPSA) is 29.1 Å². The highest BCUT2D eigenvalue weighted by molar-refractivity contribution is 9.10. The highest BCUT2D eigenvalue weighted by Crippen LogP contribution is 2.20. The summed E-state index contributed by atoms with van der Waals surface area (Å²) in [7, 11) is 0. The second-order valence-electron chi connectivity index (χ2n) is 4.46. The second-order valence-corrected chi connectivity index (χ2v) is 6.60. The molecular weight excluding hydrogens is 381 g/mol. The van der Waals surface area contributed by atoms with Crippen LogP contribution in [0, 0.1) is 5.92 Å². The van der Waals surface area contributed by atoms with Crippen LogP contribution in [-0.4, -0.2) is 17.3 Å². The number of nitrogens with one attached hydrogen (secondary N) is 1. The zero-order chi connectivity index (χ0) is 13.7. The second kappa shape index (κ2) is 7.51. The predicted molar refractivity (Wildman–Crippen MR) is 83.7 cm³/mol. The van der Waals surface area contributed by atoms with Crippen LogP contribution in [0.25, 0.3) is 0 Å². The number of carbonyl (C=O) groups is 1. The zero-order valence-corrected chi connectivity index (χ0v) is 14.3. The number of amides is 1. The Morgan fingerprint density at radius 2 is 2.06 bits per heavy atom. The van der Waals surface area contributed by atoms with Crippen molar-refractivity contribution in [3.8, 4) is 0 Å². The average molecular weight is 398 g/mol. The van der Waals surface area contributed by atoms with E-state index in [2.05, 4.69) is 51.0 Å². The molecule has 0 fully saturated rings. The smallest absolute Gasteiger partial charge is 0.251 e. The predicted octanol–water partition coefficient (Wildman–Crippen LogP) is 4.64. The van der Waals surface area contributed by atoms with E-state index in [1.54, 1.807) is 18.2 Å². The van der Waals surface area contributed by atoms with Crippen LogP contribution in [0.4, 0.5) is 0 Å². The van der Waals surface area contributed by atoms with Crippen molar-refractivity contribution in [2.45, 2.75) is 26.3 Å². The van der Waals surface area contributed by atoms with Gasteiger partial charge in [0.25, 0.3) is 5.91 Å². The molecule has 0 saturated heterocycles. The van der Waals surface area contributed by atoms with Crippen molar-refractivity contribution in [1.82, 2.24) is 5.32 Å². The number of benzene rings is 1. The Kier molecular flexibility index (Phi) is 6.67. The average Bonchev–Trinajstić information content (AvgIpc) is 2.26. The maximum atomic E-state index is 12.1. The van der Waals surface area contributed by atoms with Gasteiger partial charge in [0.1, 0.15) is 0 Å². The van der Waals surface area contributed by atoms with E-state index in [0.29, 0.717) is 16.5 Å². The van der Waals surface area contributed by atoms with Gasteiger partial charge in [0, 0.05) is 26.4 Å². The van der Waals surface area contributed by atoms with Crippen LogP contribution in [0.3, 0.4) is 0 Å². The first-order valence-electron chi connectivity index (χ1n) is 5.77. The van der Waals surface area contributed by atoms with E-state index < -0.39 is 0 Å². The van der Waals surface area contributed by atoms with E-state index >= 15 is 0 Å². The van der Waals surface area contributed by atoms with Crippen LogP contribution in [-0.2, 0) is 0 Å². The van der Waals surface area contributed by atoms with Crippen LogP contribution in [0.15, 0.2) is 22.7 Å². The molecule has 0 aliphatic rings. The normalized spacial score (nSPS) is 12.6. The third-order valence-corrected chi connectivity index (χ3v) is 3.80. The van der Waals surface area contributed by atoms with Gasteiger partial charge in [-0.3, -0.25) is 4.79 Å². The minimum atomic E-state index is -0.0853. The molecule has 0 aliphatic carbocycles. The molecule has 1 rings (SSSR count). The Morgan fingerprint density at radius 3 is 2.56 bits per heavy atom. The van der Waals surface area contributed by atoms with Crippen molar-refractivity contribution in [2.75, 3.05) is 5.33 Å². The summed E-state index contributed by atoms with van der Waals surface area (Å²) in [6.07, 6.45) is 0.908. The standard InChI is InChI=1S/C13H16Br2ClNO/c1-8(2)12(3-4-14)17-13(18)9-5-10(15)7-11(16)6-9/h5-8,12H,3-4H2,1-2H3,(H,17,18). The molecule has 1 aromatic rings. The fourth-order valence-corrected chi connectivity index (χ4v) is 2.98. The number of halogens is 3. The molecule has 1 atom stereocenters. The number of carbonyl (C=O) groups excluding carboxylic acids is 1. The molecule has 0 saturated carbocycles. The lowest BCUT2D eigenvalue weighted by molar-refractivity contribution is 0.0925. The highest BCUT2D eigenvalue weighted by atomic mass is 79.9. The van der Waals surface area contributed by atoms with Crippen LogP contribution in [0.1, 0.15) is 30.6 Å². The summed E-state index contributed by atoms with van der Waals surface area (Å²) in [5, 5.41) is 4.46. The lowest BCUT2D eigenvalue weighted by Gasteiger charge is -2.21. The number of rotatable bonds is 5. The summed E-state index contributed by atoms with van der Waals surface area (Å²) in [5.74, 6) is 0.312. The van der Waals surface area contributed by atoms with Crippen molar-refractivity contribution in [1.29, 1.82) is 0 Å². The van der Waals surface area contributed by atoms with Crippen molar-refractivity contribution in [2.24, 2.45) is 5.92 Å². The molecule has 2 nitrogen and oxygen atoms in total. The monoisotopic (exact) mass is 395 g/mol. The summed E-state index contributed by atoms with van der Waals surface area (Å²) in [5.41, 5.74) is 0.578. The van der Waals surface area contributed by atoms with Crippen LogP contribution >= 0.6 is 43.5 Å². The van der Waals surface area contributed by atoms with E-state index in [4.69, 9.17) is 11.6 Å². The largest absolute Gasteiger partial charge is 0.349 e. The molecule has 0 radical (unpaired) electrons. The first-order valence-corrected chi connectivity index (χ1v) is 8.06. The maximum Gasteiger partial charge on any atom is 0.251 e. The molecule has 100 valence electrons. The Labute approximate surface area is 130 Å². The summed E-state index contributed by atoms with van der Waals surface area (Å²) >= 11 is 12.7. The third-order valence-electron chi connectivity index (χ3n) is 2.67. The van der Waals surface area contributed by atoms with Gasteiger partial charge in [-0.1, -0.05) is 57.3 Å². The number of hydrogen-bond donors (Lipinski definition) is 1. The lowest BCUT2D eigenvalue weighted by Crippen LogP contribution is -2.38. The van der Waals surface area contributed by atoms with Gasteiger partial charge in [-0.05, 0) is 30.5 Å². The fraction of sp³-hybridized carbons (Fsp3) is 0.462. The third kappa shape index (κ3) is 4.90. The van der Waals surface area contributed by atoms with Gasteiger partial charge in [-0.2, -0.15) is 0 Å². The Morgan fingerprint density at radius 1 is 1.39 bits per heavy atom. The van der Waals surface area contributed by atoms with Gasteiger partial charge >= 0.3 is 0 Å². The quantitative estimate of drug-likeness (QED) is 0.721. The number of alkyl halides is 1. The molecule has 0 aromatic heterocycles. The molecule has 18 heavy (non-hydrogen) atoms. The lowest BCUT2D eigenvalue weighted by atomic mass is 10.0. The molecule has 0 bridgehead atoms. The van der Waals surface area contributed by atoms with Gasteiger partial charge in [-0.15, -0.1) is 0 Å². The summed E-state index contributed by atoms with van der Waals surface area (Å²) < 4.78 is 0.807. The molecule has 0 aliphatic heterocycles. The van der Waals surface area contributed by atoms with Gasteiger partial charge in [0.05, 0.1) is 0 Å². The molecule has 5 heteroatoms. The Balaban J connectivity index is 2.80. The van der Waals surface area contributed by atoms with Crippen LogP contribution in [0.5, 0.6) is 0 Å². The van der Waals surface area contributed by atoms with Crippen LogP contribution < -0.4 is 5.32 Å². The molecule has 0 heterocycles. The molecule has 1 amide bonds. The van der Waals surface area contributed by atoms with Gasteiger partial charge in [0.2, 0.25) is 0 Å². The Hall–Kier alpha value is -0.0600. The van der Waals surface area contributed by atoms with Crippen molar-refractivity contribution >= 4 is 49.4 Å². The molecule has 1 unspecified atom stereocenters. The van der Waals surface area contributed by atoms with Gasteiger partial charge < -0.3 is 5.32 Å². The summed E-state index contributed by atoms with van der Waals surface area (Å²) in [6.45, 7) is 4.20. The minimum Gasteiger partial charge on any atom is -0.349 e. The number of hydrogen-bond acceptors (Lipinski definition) is 1. The van der Waals surface area contributed by atoms with E-state index in [1.165, 1.54) is 0 Å². The van der Waals surface area contributed by atoms with Crippen molar-refractivity contribution in [3.05, 3.63) is 33.3 Å². The summed E-state index contributed by atoms with van der Waals surface area (Å²) in [6, 6.07) is 5.37. The van der Waals surface area contributed by atoms with Crippen LogP contribution in [0.2, 0.25) is 5.02 Å². The summed E-state index contributed by atoms with van der Waals surface area (Å²) in [4.78, 5) is 12.1. The van der Waals surface area contributed by atoms with E-state index in [0.717, 1.165) is 16.2 Å². The van der Waals surface area contributed by atoms with E-state index in [1.807, 2.05) is 0 Å². The molecule has 0 spiro atoms. The van der Waals surface area contributed by atoms with E-state index in [9.17, 15) is 4.79 Å². The fourth-order valence-electron chi connectivity index (χ4n) is 1.63. The minimum absolute atomic E-state index is 0.0853. The molecular formula is C13H16Br2ClNO. The zero-order valence-electron chi connectivity index (χ0n) is 10.3. The van der Waals surface area contributed by atoms with Crippen molar-refractivity contribution < 1.29 is 4.79 Å².